The van der Waals surface area contributed by atoms with E-state index in [4.69, 9.17) is 24.2 Å². The molecule has 12 heteroatoms. The molecule has 0 fully saturated rings. The zero-order valence-corrected chi connectivity index (χ0v) is 38.0. The fourth-order valence-electron chi connectivity index (χ4n) is 6.12. The smallest absolute Gasteiger partial charge is 0.462 e. The lowest BCUT2D eigenvalue weighted by Crippen LogP contribution is -2.29. The molecule has 0 radical (unpaired) electrons. The predicted octanol–water partition coefficient (Wildman–Crippen LogP) is 11.3. The third-order valence-electron chi connectivity index (χ3n) is 10.1. The van der Waals surface area contributed by atoms with Crippen LogP contribution in [0.2, 0.25) is 0 Å². The van der Waals surface area contributed by atoms with Gasteiger partial charge in [-0.05, 0) is 63.7 Å². The normalized spacial score (nSPS) is 14.7. The van der Waals surface area contributed by atoms with Gasteiger partial charge in [0.1, 0.15) is 12.7 Å². The first-order chi connectivity index (χ1) is 28.6. The van der Waals surface area contributed by atoms with E-state index in [2.05, 4.69) is 54.8 Å². The number of carbonyl (C=O) groups is 2. The lowest BCUT2D eigenvalue weighted by atomic mass is 9.99. The molecule has 59 heavy (non-hydrogen) atoms. The first kappa shape index (κ1) is 56.9. The van der Waals surface area contributed by atoms with Crippen molar-refractivity contribution in [1.29, 1.82) is 0 Å². The van der Waals surface area contributed by atoms with Crippen molar-refractivity contribution in [2.45, 2.75) is 199 Å². The Balaban J connectivity index is 4.33. The number of esters is 2. The number of phosphoric acid groups is 1. The Labute approximate surface area is 358 Å². The number of carbonyl (C=O) groups excluding carboxylic acids is 2. The molecule has 0 heterocycles. The predicted molar refractivity (Wildman–Crippen MR) is 239 cm³/mol. The molecule has 4 atom stereocenters. The highest BCUT2D eigenvalue weighted by Crippen LogP contribution is 2.43. The molecule has 0 amide bonds. The van der Waals surface area contributed by atoms with E-state index in [1.807, 2.05) is 12.2 Å². The molecule has 0 aromatic carbocycles. The van der Waals surface area contributed by atoms with E-state index >= 15 is 0 Å². The average Bonchev–Trinajstić information content (AvgIpc) is 3.22. The van der Waals surface area contributed by atoms with E-state index in [9.17, 15) is 24.2 Å². The summed E-state index contributed by atoms with van der Waals surface area (Å²) in [4.78, 5) is 35.0. The van der Waals surface area contributed by atoms with Crippen molar-refractivity contribution in [1.82, 2.24) is 0 Å². The second kappa shape index (κ2) is 42.6. The highest BCUT2D eigenvalue weighted by atomic mass is 31.2. The number of hydrogen-bond donors (Lipinski definition) is 4. The molecule has 2 unspecified atom stereocenters. The maximum absolute atomic E-state index is 12.6. The monoisotopic (exact) mass is 857 g/mol. The van der Waals surface area contributed by atoms with Gasteiger partial charge in [-0.25, -0.2) is 4.57 Å². The third kappa shape index (κ3) is 42.4. The molecule has 0 aromatic rings. The largest absolute Gasteiger partial charge is 0.472 e. The van der Waals surface area contributed by atoms with E-state index < -0.39 is 51.8 Å². The average molecular weight is 857 g/mol. The molecule has 4 N–H and O–H groups in total. The van der Waals surface area contributed by atoms with Crippen LogP contribution in [0.3, 0.4) is 0 Å². The van der Waals surface area contributed by atoms with E-state index in [1.165, 1.54) is 77.0 Å². The van der Waals surface area contributed by atoms with Crippen LogP contribution in [-0.4, -0.2) is 77.4 Å². The topological polar surface area (TPSA) is 169 Å². The summed E-state index contributed by atoms with van der Waals surface area (Å²) in [5.74, 6) is -0.131. The number of aliphatic hydroxyl groups is 3. The third-order valence-corrected chi connectivity index (χ3v) is 11.0. The minimum Gasteiger partial charge on any atom is -0.462 e. The molecule has 0 saturated carbocycles. The van der Waals surface area contributed by atoms with Crippen molar-refractivity contribution < 1.29 is 52.9 Å². The highest BCUT2D eigenvalue weighted by Gasteiger charge is 2.27. The summed E-state index contributed by atoms with van der Waals surface area (Å²) >= 11 is 0. The van der Waals surface area contributed by atoms with Crippen LogP contribution in [0.5, 0.6) is 0 Å². The maximum Gasteiger partial charge on any atom is 0.472 e. The molecule has 11 nitrogen and oxygen atoms in total. The summed E-state index contributed by atoms with van der Waals surface area (Å²) in [5, 5.41) is 27.1. The van der Waals surface area contributed by atoms with Gasteiger partial charge in [-0.2, -0.15) is 0 Å². The van der Waals surface area contributed by atoms with Gasteiger partial charge < -0.3 is 29.7 Å². The number of hydrogen-bond acceptors (Lipinski definition) is 10. The minimum atomic E-state index is -4.64. The van der Waals surface area contributed by atoms with Gasteiger partial charge in [0.15, 0.2) is 6.10 Å². The second-order valence-electron chi connectivity index (χ2n) is 15.8. The number of aliphatic hydroxyl groups excluding tert-OH is 3. The lowest BCUT2D eigenvalue weighted by molar-refractivity contribution is -0.161. The van der Waals surface area contributed by atoms with E-state index in [0.717, 1.165) is 70.1 Å². The van der Waals surface area contributed by atoms with Gasteiger partial charge in [-0.3, -0.25) is 18.6 Å². The maximum atomic E-state index is 12.6. The molecule has 0 bridgehead atoms. The molecule has 344 valence electrons. The molecule has 0 saturated heterocycles. The van der Waals surface area contributed by atoms with E-state index in [0.29, 0.717) is 19.3 Å². The summed E-state index contributed by atoms with van der Waals surface area (Å²) in [7, 11) is -4.64. The van der Waals surface area contributed by atoms with Gasteiger partial charge in [-0.15, -0.1) is 0 Å². The molecular weight excluding hydrogens is 771 g/mol. The van der Waals surface area contributed by atoms with Crippen LogP contribution in [0.25, 0.3) is 0 Å². The second-order valence-corrected chi connectivity index (χ2v) is 17.2. The summed E-state index contributed by atoms with van der Waals surface area (Å²) in [5.41, 5.74) is 0. The van der Waals surface area contributed by atoms with Crippen LogP contribution in [0, 0.1) is 5.92 Å². The fraction of sp³-hybridized carbons (Fsp3) is 0.787. The molecule has 0 rings (SSSR count). The number of rotatable bonds is 43. The molecule has 0 spiro atoms. The molecule has 0 aromatic heterocycles. The standard InChI is InChI=1S/C47H85O11P/c1-3-43(2)35-31-27-23-19-15-11-8-9-12-16-20-24-28-32-36-46(51)55-41-45(42-57-59(53,54)56-40-44(50)39-49)58-47(52)37-33-29-25-21-17-13-7-5-4-6-10-14-18-22-26-30-34-38-48/h4,6-7,13-14,18,21,25,43-45,48-50H,3,5,8-12,15-17,19-20,22-24,26-42H2,1-2H3,(H,53,54)/b6-4-,13-7-,18-14-,25-21-/t43?,44-,45+/m0/s1. The summed E-state index contributed by atoms with van der Waals surface area (Å²) in [6.45, 7) is 2.70. The van der Waals surface area contributed by atoms with Crippen LogP contribution in [-0.2, 0) is 32.7 Å². The van der Waals surface area contributed by atoms with Crippen molar-refractivity contribution >= 4 is 19.8 Å². The van der Waals surface area contributed by atoms with Crippen molar-refractivity contribution in [3.05, 3.63) is 48.6 Å². The Morgan fingerprint density at radius 2 is 1.03 bits per heavy atom. The lowest BCUT2D eigenvalue weighted by Gasteiger charge is -2.20. The van der Waals surface area contributed by atoms with Gasteiger partial charge in [0.25, 0.3) is 0 Å². The van der Waals surface area contributed by atoms with Gasteiger partial charge in [0.05, 0.1) is 19.8 Å². The number of phosphoric ester groups is 1. The highest BCUT2D eigenvalue weighted by molar-refractivity contribution is 7.47. The molecule has 0 aliphatic heterocycles. The van der Waals surface area contributed by atoms with Gasteiger partial charge >= 0.3 is 19.8 Å². The van der Waals surface area contributed by atoms with Crippen LogP contribution in [0.15, 0.2) is 48.6 Å². The van der Waals surface area contributed by atoms with Crippen LogP contribution in [0.4, 0.5) is 0 Å². The Morgan fingerprint density at radius 3 is 1.56 bits per heavy atom. The Morgan fingerprint density at radius 1 is 0.576 bits per heavy atom. The number of unbranched alkanes of at least 4 members (excludes halogenated alkanes) is 17. The SMILES string of the molecule is CCC(C)CCCCCCCCCCCCCCCCC(=O)OC[C@H](COP(=O)(O)OC[C@@H](O)CO)OC(=O)CCC/C=C\C/C=C\C/C=C\C/C=C\CCCCCO. The fourth-order valence-corrected chi connectivity index (χ4v) is 6.91. The quantitative estimate of drug-likeness (QED) is 0.0199. The molecule has 0 aliphatic rings. The Bertz CT molecular complexity index is 1140. The summed E-state index contributed by atoms with van der Waals surface area (Å²) in [6.07, 6.45) is 42.3. The van der Waals surface area contributed by atoms with Crippen LogP contribution < -0.4 is 0 Å². The van der Waals surface area contributed by atoms with Crippen LogP contribution >= 0.6 is 7.82 Å². The van der Waals surface area contributed by atoms with Crippen molar-refractivity contribution in [3.8, 4) is 0 Å². The van der Waals surface area contributed by atoms with Crippen molar-refractivity contribution in [2.24, 2.45) is 5.92 Å². The number of ether oxygens (including phenoxy) is 2. The summed E-state index contributed by atoms with van der Waals surface area (Å²) < 4.78 is 32.7. The van der Waals surface area contributed by atoms with E-state index in [1.54, 1.807) is 0 Å². The summed E-state index contributed by atoms with van der Waals surface area (Å²) in [6, 6.07) is 0. The van der Waals surface area contributed by atoms with Crippen molar-refractivity contribution in [2.75, 3.05) is 33.0 Å². The molecular formula is C47H85O11P. The van der Waals surface area contributed by atoms with Gasteiger partial charge in [0.2, 0.25) is 0 Å². The first-order valence-electron chi connectivity index (χ1n) is 23.1. The minimum absolute atomic E-state index is 0.0985. The van der Waals surface area contributed by atoms with Crippen LogP contribution in [0.1, 0.15) is 187 Å². The van der Waals surface area contributed by atoms with Gasteiger partial charge in [-0.1, -0.05) is 165 Å². The zero-order chi connectivity index (χ0) is 43.5. The van der Waals surface area contributed by atoms with Gasteiger partial charge in [0, 0.05) is 19.4 Å². The first-order valence-corrected chi connectivity index (χ1v) is 24.6. The molecule has 0 aliphatic carbocycles. The van der Waals surface area contributed by atoms with E-state index in [-0.39, 0.29) is 26.1 Å². The number of allylic oxidation sites excluding steroid dienone is 8. The Kier molecular flexibility index (Phi) is 41.1. The van der Waals surface area contributed by atoms with Crippen molar-refractivity contribution in [3.63, 3.8) is 0 Å². The zero-order valence-electron chi connectivity index (χ0n) is 37.1. The Hall–Kier alpha value is -2.11.